The molecule has 0 saturated carbocycles. The highest BCUT2D eigenvalue weighted by Crippen LogP contribution is 2.49. The number of hydrazine groups is 1. The second-order valence-electron chi connectivity index (χ2n) is 9.10. The average molecular weight is 564 g/mol. The summed E-state index contributed by atoms with van der Waals surface area (Å²) in [5.41, 5.74) is 4.96. The summed E-state index contributed by atoms with van der Waals surface area (Å²) in [5.74, 6) is -1.07. The van der Waals surface area contributed by atoms with Crippen LogP contribution in [0.4, 0.5) is 13.2 Å². The van der Waals surface area contributed by atoms with E-state index in [4.69, 9.17) is 28.0 Å². The van der Waals surface area contributed by atoms with Gasteiger partial charge < -0.3 is 4.84 Å². The van der Waals surface area contributed by atoms with E-state index in [2.05, 4.69) is 16.0 Å². The lowest BCUT2D eigenvalue weighted by Gasteiger charge is -2.29. The van der Waals surface area contributed by atoms with Gasteiger partial charge in [-0.25, -0.2) is 0 Å². The number of hydrogen-bond acceptors (Lipinski definition) is 4. The molecule has 0 aliphatic carbocycles. The fraction of sp³-hybridized carbons (Fsp3) is 0.222. The molecule has 0 aromatic heterocycles. The van der Waals surface area contributed by atoms with E-state index < -0.39 is 30.0 Å². The van der Waals surface area contributed by atoms with Crippen LogP contribution in [-0.2, 0) is 10.4 Å². The van der Waals surface area contributed by atoms with Crippen molar-refractivity contribution in [3.8, 4) is 0 Å². The number of oxime groups is 1. The lowest BCUT2D eigenvalue weighted by Crippen LogP contribution is -2.42. The van der Waals surface area contributed by atoms with Gasteiger partial charge in [-0.2, -0.15) is 13.2 Å². The Morgan fingerprint density at radius 3 is 2.08 bits per heavy atom. The molecular formula is C27H22Cl2F3N3O3. The fourth-order valence-electron chi connectivity index (χ4n) is 4.30. The van der Waals surface area contributed by atoms with Gasteiger partial charge >= 0.3 is 6.18 Å². The molecule has 0 radical (unpaired) electrons. The van der Waals surface area contributed by atoms with Crippen LogP contribution in [0.5, 0.6) is 0 Å². The van der Waals surface area contributed by atoms with Crippen molar-refractivity contribution in [2.24, 2.45) is 5.16 Å². The molecule has 11 heteroatoms. The summed E-state index contributed by atoms with van der Waals surface area (Å²) in [5, 5.41) is 3.80. The van der Waals surface area contributed by atoms with Gasteiger partial charge in [-0.3, -0.25) is 20.4 Å². The van der Waals surface area contributed by atoms with Gasteiger partial charge in [0.15, 0.2) is 0 Å². The van der Waals surface area contributed by atoms with Gasteiger partial charge in [0.05, 0.1) is 5.71 Å². The molecule has 6 nitrogen and oxygen atoms in total. The van der Waals surface area contributed by atoms with Crippen LogP contribution in [-0.4, -0.2) is 23.7 Å². The molecule has 0 bridgehead atoms. The highest BCUT2D eigenvalue weighted by molar-refractivity contribution is 6.34. The molecule has 2 amide bonds. The van der Waals surface area contributed by atoms with Crippen LogP contribution < -0.4 is 10.9 Å². The Morgan fingerprint density at radius 1 is 0.895 bits per heavy atom. The maximum absolute atomic E-state index is 14.2. The van der Waals surface area contributed by atoms with Crippen molar-refractivity contribution in [1.29, 1.82) is 0 Å². The number of hydrogen-bond donors (Lipinski definition) is 2. The summed E-state index contributed by atoms with van der Waals surface area (Å²) in [4.78, 5) is 30.2. The molecule has 0 saturated heterocycles. The third kappa shape index (κ3) is 5.49. The number of nitrogens with one attached hydrogen (secondary N) is 2. The van der Waals surface area contributed by atoms with Crippen LogP contribution in [0.3, 0.4) is 0 Å². The van der Waals surface area contributed by atoms with E-state index in [0.717, 1.165) is 23.3 Å². The van der Waals surface area contributed by atoms with Gasteiger partial charge in [-0.1, -0.05) is 51.6 Å². The lowest BCUT2D eigenvalue weighted by molar-refractivity contribution is -0.275. The van der Waals surface area contributed by atoms with Crippen molar-refractivity contribution >= 4 is 40.7 Å². The number of nitrogens with zero attached hydrogens (tertiary/aromatic N) is 1. The smallest absolute Gasteiger partial charge is 0.374 e. The summed E-state index contributed by atoms with van der Waals surface area (Å²) in [7, 11) is 0. The Labute approximate surface area is 226 Å². The van der Waals surface area contributed by atoms with Gasteiger partial charge in [-0.05, 0) is 74.4 Å². The Bertz CT molecular complexity index is 1430. The highest BCUT2D eigenvalue weighted by Gasteiger charge is 2.62. The Morgan fingerprint density at radius 2 is 1.50 bits per heavy atom. The average Bonchev–Trinajstić information content (AvgIpc) is 3.28. The number of amides is 2. The third-order valence-corrected chi connectivity index (χ3v) is 6.53. The first-order valence-corrected chi connectivity index (χ1v) is 12.1. The van der Waals surface area contributed by atoms with E-state index in [1.807, 2.05) is 19.9 Å². The van der Waals surface area contributed by atoms with Crippen molar-refractivity contribution in [3.63, 3.8) is 0 Å². The molecule has 1 unspecified atom stereocenters. The molecule has 3 aromatic carbocycles. The number of halogens is 5. The first kappa shape index (κ1) is 27.5. The predicted octanol–water partition coefficient (Wildman–Crippen LogP) is 6.58. The standard InChI is InChI=1S/C27H22Cl2F3N3O3/c1-14-6-15(2)8-18(7-14)24(36)33-34-25(37)22-5-4-17(9-16(22)3)23-13-26(38-35-23,27(30,31)32)19-10-20(28)12-21(29)11-19/h4-12H,13H2,1-3H3,(H,33,36)(H,34,37). The molecule has 1 aliphatic heterocycles. The summed E-state index contributed by atoms with van der Waals surface area (Å²) in [6.07, 6.45) is -5.45. The highest BCUT2D eigenvalue weighted by atomic mass is 35.5. The molecule has 0 spiro atoms. The molecule has 38 heavy (non-hydrogen) atoms. The first-order chi connectivity index (χ1) is 17.8. The minimum atomic E-state index is -4.82. The molecule has 1 aliphatic rings. The number of rotatable bonds is 4. The molecule has 1 atom stereocenters. The number of carbonyl (C=O) groups is 2. The zero-order valence-electron chi connectivity index (χ0n) is 20.5. The summed E-state index contributed by atoms with van der Waals surface area (Å²) >= 11 is 11.9. The Balaban J connectivity index is 1.51. The second-order valence-corrected chi connectivity index (χ2v) is 9.98. The van der Waals surface area contributed by atoms with Crippen LogP contribution in [0, 0.1) is 20.8 Å². The Kier molecular flexibility index (Phi) is 7.45. The second kappa shape index (κ2) is 10.3. The summed E-state index contributed by atoms with van der Waals surface area (Å²) < 4.78 is 42.7. The van der Waals surface area contributed by atoms with Gasteiger partial charge in [-0.15, -0.1) is 0 Å². The molecule has 0 fully saturated rings. The van der Waals surface area contributed by atoms with Crippen molar-refractivity contribution in [2.75, 3.05) is 0 Å². The fourth-order valence-corrected chi connectivity index (χ4v) is 4.83. The minimum absolute atomic E-state index is 0.0315. The van der Waals surface area contributed by atoms with E-state index in [1.54, 1.807) is 19.1 Å². The van der Waals surface area contributed by atoms with Crippen molar-refractivity contribution in [3.05, 3.63) is 104 Å². The van der Waals surface area contributed by atoms with Crippen molar-refractivity contribution in [2.45, 2.75) is 39.0 Å². The molecule has 4 rings (SSSR count). The van der Waals surface area contributed by atoms with E-state index in [1.165, 1.54) is 24.3 Å². The quantitative estimate of drug-likeness (QED) is 0.352. The maximum atomic E-state index is 14.2. The topological polar surface area (TPSA) is 79.8 Å². The number of aryl methyl sites for hydroxylation is 3. The SMILES string of the molecule is Cc1cc(C)cc(C(=O)NNC(=O)c2ccc(C3=NOC(c4cc(Cl)cc(Cl)c4)(C(F)(F)F)C3)cc2C)c1. The number of alkyl halides is 3. The zero-order chi connectivity index (χ0) is 27.8. The lowest BCUT2D eigenvalue weighted by atomic mass is 9.86. The third-order valence-electron chi connectivity index (χ3n) is 6.09. The summed E-state index contributed by atoms with van der Waals surface area (Å²) in [6.45, 7) is 5.33. The largest absolute Gasteiger partial charge is 0.435 e. The van der Waals surface area contributed by atoms with E-state index in [0.29, 0.717) is 16.7 Å². The predicted molar refractivity (Wildman–Crippen MR) is 138 cm³/mol. The summed E-state index contributed by atoms with van der Waals surface area (Å²) in [6, 6.07) is 13.3. The normalized spacial score (nSPS) is 17.0. The number of benzene rings is 3. The molecule has 3 aromatic rings. The van der Waals surface area contributed by atoms with E-state index in [9.17, 15) is 22.8 Å². The zero-order valence-corrected chi connectivity index (χ0v) is 22.0. The van der Waals surface area contributed by atoms with Crippen LogP contribution in [0.2, 0.25) is 10.0 Å². The number of carbonyl (C=O) groups excluding carboxylic acids is 2. The Hall–Kier alpha value is -3.56. The van der Waals surface area contributed by atoms with Crippen LogP contribution in [0.15, 0.2) is 59.8 Å². The van der Waals surface area contributed by atoms with Gasteiger partial charge in [0.1, 0.15) is 0 Å². The van der Waals surface area contributed by atoms with E-state index >= 15 is 0 Å². The minimum Gasteiger partial charge on any atom is -0.374 e. The van der Waals surface area contributed by atoms with Crippen molar-refractivity contribution < 1.29 is 27.6 Å². The van der Waals surface area contributed by atoms with Gasteiger partial charge in [0.25, 0.3) is 17.4 Å². The first-order valence-electron chi connectivity index (χ1n) is 11.4. The molecule has 2 N–H and O–H groups in total. The van der Waals surface area contributed by atoms with Crippen LogP contribution >= 0.6 is 23.2 Å². The van der Waals surface area contributed by atoms with Crippen LogP contribution in [0.1, 0.15) is 55.0 Å². The van der Waals surface area contributed by atoms with Crippen LogP contribution in [0.25, 0.3) is 0 Å². The van der Waals surface area contributed by atoms with Gasteiger partial charge in [0, 0.05) is 33.2 Å². The molecular weight excluding hydrogens is 542 g/mol. The molecule has 198 valence electrons. The van der Waals surface area contributed by atoms with Gasteiger partial charge in [0.2, 0.25) is 0 Å². The van der Waals surface area contributed by atoms with E-state index in [-0.39, 0.29) is 26.9 Å². The maximum Gasteiger partial charge on any atom is 0.435 e. The van der Waals surface area contributed by atoms with Crippen molar-refractivity contribution in [1.82, 2.24) is 10.9 Å². The molecule has 1 heterocycles. The monoisotopic (exact) mass is 563 g/mol.